The van der Waals surface area contributed by atoms with Crippen LogP contribution in [0.3, 0.4) is 0 Å². The fourth-order valence-electron chi connectivity index (χ4n) is 2.19. The van der Waals surface area contributed by atoms with E-state index < -0.39 is 5.82 Å². The Morgan fingerprint density at radius 2 is 1.95 bits per heavy atom. The van der Waals surface area contributed by atoms with Gasteiger partial charge in [-0.15, -0.1) is 0 Å². The van der Waals surface area contributed by atoms with Crippen molar-refractivity contribution in [3.8, 4) is 0 Å². The Morgan fingerprint density at radius 1 is 1.32 bits per heavy atom. The van der Waals surface area contributed by atoms with E-state index in [1.807, 2.05) is 0 Å². The molecule has 1 amide bonds. The maximum Gasteiger partial charge on any atom is 0.254 e. The Bertz CT molecular complexity index is 464. The van der Waals surface area contributed by atoms with Crippen molar-refractivity contribution in [2.45, 2.75) is 37.8 Å². The number of nitrogens with zero attached hydrogens (tertiary/aromatic N) is 1. The summed E-state index contributed by atoms with van der Waals surface area (Å²) in [7, 11) is 0. The molecule has 1 aliphatic rings. The maximum atomic E-state index is 13.1. The normalized spacial score (nSPS) is 23.1. The van der Waals surface area contributed by atoms with E-state index in [1.54, 1.807) is 0 Å². The van der Waals surface area contributed by atoms with Crippen LogP contribution >= 0.6 is 23.4 Å². The van der Waals surface area contributed by atoms with Gasteiger partial charge in [-0.2, -0.15) is 0 Å². The second-order valence-electron chi connectivity index (χ2n) is 4.62. The van der Waals surface area contributed by atoms with Crippen molar-refractivity contribution in [3.63, 3.8) is 0 Å². The Hall–Kier alpha value is -0.910. The minimum absolute atomic E-state index is 0.00927. The van der Waals surface area contributed by atoms with Crippen molar-refractivity contribution in [1.82, 2.24) is 15.1 Å². The third-order valence-electron chi connectivity index (χ3n) is 3.27. The molecule has 0 radical (unpaired) electrons. The van der Waals surface area contributed by atoms with Crippen LogP contribution in [-0.4, -0.2) is 23.0 Å². The average Bonchev–Trinajstić information content (AvgIpc) is 2.42. The van der Waals surface area contributed by atoms with Crippen LogP contribution in [0.1, 0.15) is 36.0 Å². The molecule has 1 aromatic rings. The fourth-order valence-corrected chi connectivity index (χ4v) is 2.60. The fraction of sp³-hybridized carbons (Fsp3) is 0.500. The van der Waals surface area contributed by atoms with E-state index in [1.165, 1.54) is 0 Å². The molecule has 7 heteroatoms. The Balaban J connectivity index is 1.96. The minimum atomic E-state index is -0.579. The molecule has 19 heavy (non-hydrogen) atoms. The highest BCUT2D eigenvalue weighted by Gasteiger charge is 2.23. The molecule has 0 atom stereocenters. The third kappa shape index (κ3) is 3.78. The molecular weight excluding hydrogens is 292 g/mol. The molecule has 104 valence electrons. The number of halogens is 3. The third-order valence-corrected chi connectivity index (χ3v) is 3.88. The van der Waals surface area contributed by atoms with E-state index >= 15 is 0 Å². The quantitative estimate of drug-likeness (QED) is 0.667. The Kier molecular flexibility index (Phi) is 4.96. The molecule has 1 aliphatic carbocycles. The number of hydrogen-bond donors (Lipinski definition) is 2. The molecule has 2 rings (SSSR count). The smallest absolute Gasteiger partial charge is 0.254 e. The second kappa shape index (κ2) is 6.50. The molecule has 0 saturated heterocycles. The Morgan fingerprint density at radius 3 is 2.58 bits per heavy atom. The van der Waals surface area contributed by atoms with Crippen LogP contribution in [0.4, 0.5) is 4.39 Å². The summed E-state index contributed by atoms with van der Waals surface area (Å²) in [6, 6.07) is 1.44. The zero-order valence-electron chi connectivity index (χ0n) is 10.1. The molecule has 0 bridgehead atoms. The molecule has 0 spiro atoms. The molecule has 1 fully saturated rings. The predicted octanol–water partition coefficient (Wildman–Crippen LogP) is 2.66. The monoisotopic (exact) mass is 305 g/mol. The first kappa shape index (κ1) is 14.5. The molecule has 4 nitrogen and oxygen atoms in total. The summed E-state index contributed by atoms with van der Waals surface area (Å²) in [5.41, 5.74) is 0.0688. The van der Waals surface area contributed by atoms with Crippen LogP contribution in [-0.2, 0) is 0 Å². The number of amides is 1. The SMILES string of the molecule is O=C(NC1CCC(NCl)CC1)c1cc(F)cnc1Cl. The van der Waals surface area contributed by atoms with E-state index in [0.29, 0.717) is 0 Å². The van der Waals surface area contributed by atoms with Gasteiger partial charge in [0.2, 0.25) is 0 Å². The molecule has 1 aromatic heterocycles. The van der Waals surface area contributed by atoms with Crippen LogP contribution in [0.15, 0.2) is 12.3 Å². The highest BCUT2D eigenvalue weighted by atomic mass is 35.5. The molecule has 0 aromatic carbocycles. The van der Waals surface area contributed by atoms with E-state index in [9.17, 15) is 9.18 Å². The number of hydrogen-bond acceptors (Lipinski definition) is 3. The summed E-state index contributed by atoms with van der Waals surface area (Å²) in [5.74, 6) is -0.969. The van der Waals surface area contributed by atoms with Crippen LogP contribution in [0.5, 0.6) is 0 Å². The number of nitrogens with one attached hydrogen (secondary N) is 2. The van der Waals surface area contributed by atoms with Gasteiger partial charge in [-0.05, 0) is 43.5 Å². The number of carbonyl (C=O) groups is 1. The lowest BCUT2D eigenvalue weighted by atomic mass is 9.91. The summed E-state index contributed by atoms with van der Waals surface area (Å²) in [6.07, 6.45) is 4.43. The van der Waals surface area contributed by atoms with Crippen molar-refractivity contribution in [3.05, 3.63) is 28.8 Å². The number of pyridine rings is 1. The second-order valence-corrected chi connectivity index (χ2v) is 5.20. The lowest BCUT2D eigenvalue weighted by Crippen LogP contribution is -2.40. The van der Waals surface area contributed by atoms with Gasteiger partial charge in [0.05, 0.1) is 11.8 Å². The van der Waals surface area contributed by atoms with Gasteiger partial charge in [-0.3, -0.25) is 4.79 Å². The van der Waals surface area contributed by atoms with Gasteiger partial charge in [-0.25, -0.2) is 14.2 Å². The molecular formula is C12H14Cl2FN3O. The van der Waals surface area contributed by atoms with Crippen molar-refractivity contribution < 1.29 is 9.18 Å². The van der Waals surface area contributed by atoms with Gasteiger partial charge in [0, 0.05) is 12.1 Å². The average molecular weight is 306 g/mol. The first-order valence-corrected chi connectivity index (χ1v) is 6.84. The lowest BCUT2D eigenvalue weighted by molar-refractivity contribution is 0.0924. The number of carbonyl (C=O) groups excluding carboxylic acids is 1. The van der Waals surface area contributed by atoms with Crippen molar-refractivity contribution in [2.24, 2.45) is 0 Å². The van der Waals surface area contributed by atoms with E-state index in [-0.39, 0.29) is 28.7 Å². The standard InChI is InChI=1S/C12H14Cl2FN3O/c13-11-10(5-7(15)6-16-11)12(19)17-8-1-3-9(18-14)4-2-8/h5-6,8-9,18H,1-4H2,(H,17,19). The topological polar surface area (TPSA) is 54.0 Å². The number of aromatic nitrogens is 1. The van der Waals surface area contributed by atoms with Crippen LogP contribution < -0.4 is 10.2 Å². The van der Waals surface area contributed by atoms with Gasteiger partial charge in [-0.1, -0.05) is 11.6 Å². The van der Waals surface area contributed by atoms with Crippen LogP contribution in [0, 0.1) is 5.82 Å². The zero-order chi connectivity index (χ0) is 13.8. The van der Waals surface area contributed by atoms with Gasteiger partial charge < -0.3 is 5.32 Å². The Labute approximate surface area is 120 Å². The summed E-state index contributed by atoms with van der Waals surface area (Å²) in [5, 5.41) is 2.86. The molecule has 0 aliphatic heterocycles. The van der Waals surface area contributed by atoms with E-state index in [2.05, 4.69) is 15.1 Å². The summed E-state index contributed by atoms with van der Waals surface area (Å²) in [4.78, 5) is 18.3. The number of rotatable bonds is 3. The largest absolute Gasteiger partial charge is 0.349 e. The lowest BCUT2D eigenvalue weighted by Gasteiger charge is -2.28. The van der Waals surface area contributed by atoms with Gasteiger partial charge in [0.15, 0.2) is 0 Å². The molecule has 1 saturated carbocycles. The van der Waals surface area contributed by atoms with E-state index in [0.717, 1.165) is 37.9 Å². The summed E-state index contributed by atoms with van der Waals surface area (Å²) >= 11 is 11.4. The highest BCUT2D eigenvalue weighted by Crippen LogP contribution is 2.20. The minimum Gasteiger partial charge on any atom is -0.349 e. The molecule has 0 unspecified atom stereocenters. The maximum absolute atomic E-state index is 13.1. The summed E-state index contributed by atoms with van der Waals surface area (Å²) < 4.78 is 13.1. The molecule has 1 heterocycles. The van der Waals surface area contributed by atoms with Crippen molar-refractivity contribution in [2.75, 3.05) is 0 Å². The predicted molar refractivity (Wildman–Crippen MR) is 71.7 cm³/mol. The van der Waals surface area contributed by atoms with Gasteiger partial charge in [0.25, 0.3) is 5.91 Å². The van der Waals surface area contributed by atoms with Crippen LogP contribution in [0.25, 0.3) is 0 Å². The zero-order valence-corrected chi connectivity index (χ0v) is 11.6. The first-order chi connectivity index (χ1) is 9.10. The van der Waals surface area contributed by atoms with Gasteiger partial charge in [0.1, 0.15) is 11.0 Å². The van der Waals surface area contributed by atoms with Gasteiger partial charge >= 0.3 is 0 Å². The van der Waals surface area contributed by atoms with Crippen molar-refractivity contribution >= 4 is 29.3 Å². The highest BCUT2D eigenvalue weighted by molar-refractivity contribution is 6.32. The summed E-state index contributed by atoms with van der Waals surface area (Å²) in [6.45, 7) is 0. The molecule has 2 N–H and O–H groups in total. The van der Waals surface area contributed by atoms with E-state index in [4.69, 9.17) is 23.4 Å². The first-order valence-electron chi connectivity index (χ1n) is 6.08. The van der Waals surface area contributed by atoms with Crippen molar-refractivity contribution in [1.29, 1.82) is 0 Å². The van der Waals surface area contributed by atoms with Crippen LogP contribution in [0.2, 0.25) is 5.15 Å².